The molecule has 1 aromatic carbocycles. The van der Waals surface area contributed by atoms with Gasteiger partial charge in [-0.05, 0) is 18.6 Å². The standard InChI is InChI=1S/C15H16FNO3/c1-2-15(8-19-9-15)7-17-14(18)12-6-20-13-5-10(16)3-4-11(12)13/h3-6H,2,7-9H2,1H3,(H,17,18). The van der Waals surface area contributed by atoms with Crippen LogP contribution in [-0.2, 0) is 4.74 Å². The fourth-order valence-electron chi connectivity index (χ4n) is 2.36. The quantitative estimate of drug-likeness (QED) is 0.935. The predicted octanol–water partition coefficient (Wildman–Crippen LogP) is 2.73. The highest BCUT2D eigenvalue weighted by atomic mass is 19.1. The summed E-state index contributed by atoms with van der Waals surface area (Å²) in [6, 6.07) is 4.16. The van der Waals surface area contributed by atoms with Crippen molar-refractivity contribution in [1.29, 1.82) is 0 Å². The minimum Gasteiger partial charge on any atom is -0.463 e. The van der Waals surface area contributed by atoms with Crippen molar-refractivity contribution in [2.45, 2.75) is 13.3 Å². The Kier molecular flexibility index (Phi) is 3.22. The van der Waals surface area contributed by atoms with Gasteiger partial charge in [0, 0.05) is 23.4 Å². The fraction of sp³-hybridized carbons (Fsp3) is 0.400. The van der Waals surface area contributed by atoms with Crippen LogP contribution in [0.25, 0.3) is 11.0 Å². The van der Waals surface area contributed by atoms with Gasteiger partial charge >= 0.3 is 0 Å². The number of fused-ring (bicyclic) bond motifs is 1. The molecule has 1 aliphatic heterocycles. The zero-order valence-corrected chi connectivity index (χ0v) is 11.2. The summed E-state index contributed by atoms with van der Waals surface area (Å²) in [5.41, 5.74) is 0.875. The summed E-state index contributed by atoms with van der Waals surface area (Å²) in [5.74, 6) is -0.578. The van der Waals surface area contributed by atoms with Gasteiger partial charge < -0.3 is 14.5 Å². The molecule has 2 heterocycles. The Balaban J connectivity index is 1.75. The number of furan rings is 1. The summed E-state index contributed by atoms with van der Waals surface area (Å²) in [7, 11) is 0. The predicted molar refractivity (Wildman–Crippen MR) is 72.0 cm³/mol. The molecule has 1 aromatic heterocycles. The Morgan fingerprint density at radius 3 is 2.90 bits per heavy atom. The van der Waals surface area contributed by atoms with Gasteiger partial charge in [0.05, 0.1) is 18.8 Å². The maximum absolute atomic E-state index is 13.1. The number of rotatable bonds is 4. The van der Waals surface area contributed by atoms with Crippen LogP contribution in [0.5, 0.6) is 0 Å². The molecule has 0 atom stereocenters. The number of hydrogen-bond donors (Lipinski definition) is 1. The molecule has 20 heavy (non-hydrogen) atoms. The van der Waals surface area contributed by atoms with Crippen molar-refractivity contribution in [3.63, 3.8) is 0 Å². The Bertz CT molecular complexity index is 640. The van der Waals surface area contributed by atoms with Gasteiger partial charge in [0.2, 0.25) is 0 Å². The van der Waals surface area contributed by atoms with Crippen molar-refractivity contribution in [2.75, 3.05) is 19.8 Å². The summed E-state index contributed by atoms with van der Waals surface area (Å²) >= 11 is 0. The Hall–Kier alpha value is -1.88. The lowest BCUT2D eigenvalue weighted by atomic mass is 9.83. The number of carbonyl (C=O) groups is 1. The van der Waals surface area contributed by atoms with E-state index in [-0.39, 0.29) is 17.1 Å². The molecular formula is C15H16FNO3. The van der Waals surface area contributed by atoms with Gasteiger partial charge in [-0.1, -0.05) is 6.92 Å². The van der Waals surface area contributed by atoms with Crippen LogP contribution in [0.15, 0.2) is 28.9 Å². The molecule has 4 nitrogen and oxygen atoms in total. The highest BCUT2D eigenvalue weighted by Gasteiger charge is 2.37. The first-order valence-electron chi connectivity index (χ1n) is 6.66. The number of benzene rings is 1. The molecule has 1 fully saturated rings. The maximum atomic E-state index is 13.1. The number of halogens is 1. The molecule has 0 bridgehead atoms. The summed E-state index contributed by atoms with van der Waals surface area (Å²) in [5, 5.41) is 3.54. The molecule has 1 N–H and O–H groups in total. The van der Waals surface area contributed by atoms with Crippen LogP contribution in [0.3, 0.4) is 0 Å². The molecule has 2 aromatic rings. The molecule has 106 valence electrons. The van der Waals surface area contributed by atoms with E-state index in [1.807, 2.05) is 0 Å². The van der Waals surface area contributed by atoms with Crippen molar-refractivity contribution in [3.05, 3.63) is 35.8 Å². The van der Waals surface area contributed by atoms with Crippen molar-refractivity contribution in [1.82, 2.24) is 5.32 Å². The SMILES string of the molecule is CCC1(CNC(=O)c2coc3cc(F)ccc23)COC1. The molecular weight excluding hydrogens is 261 g/mol. The van der Waals surface area contributed by atoms with Crippen molar-refractivity contribution in [2.24, 2.45) is 5.41 Å². The van der Waals surface area contributed by atoms with Crippen LogP contribution in [-0.4, -0.2) is 25.7 Å². The molecule has 0 unspecified atom stereocenters. The van der Waals surface area contributed by atoms with Crippen molar-refractivity contribution >= 4 is 16.9 Å². The van der Waals surface area contributed by atoms with Gasteiger partial charge in [-0.3, -0.25) is 4.79 Å². The van der Waals surface area contributed by atoms with Gasteiger partial charge in [-0.15, -0.1) is 0 Å². The second-order valence-electron chi connectivity index (χ2n) is 5.32. The van der Waals surface area contributed by atoms with Gasteiger partial charge in [0.15, 0.2) is 0 Å². The van der Waals surface area contributed by atoms with E-state index in [1.54, 1.807) is 6.07 Å². The average Bonchev–Trinajstić information content (AvgIpc) is 2.80. The van der Waals surface area contributed by atoms with Gasteiger partial charge in [0.1, 0.15) is 17.7 Å². The smallest absolute Gasteiger partial charge is 0.255 e. The van der Waals surface area contributed by atoms with Crippen molar-refractivity contribution < 1.29 is 18.3 Å². The summed E-state index contributed by atoms with van der Waals surface area (Å²) in [6.07, 6.45) is 2.33. The number of nitrogens with one attached hydrogen (secondary N) is 1. The number of amides is 1. The highest BCUT2D eigenvalue weighted by molar-refractivity contribution is 6.05. The molecule has 0 radical (unpaired) electrons. The van der Waals surface area contributed by atoms with E-state index < -0.39 is 0 Å². The fourth-order valence-corrected chi connectivity index (χ4v) is 2.36. The van der Waals surface area contributed by atoms with E-state index in [0.29, 0.717) is 36.3 Å². The molecule has 5 heteroatoms. The second-order valence-corrected chi connectivity index (χ2v) is 5.32. The largest absolute Gasteiger partial charge is 0.463 e. The van der Waals surface area contributed by atoms with Crippen LogP contribution < -0.4 is 5.32 Å². The molecule has 0 spiro atoms. The molecule has 3 rings (SSSR count). The minimum atomic E-state index is -0.379. The lowest BCUT2D eigenvalue weighted by Gasteiger charge is -2.40. The number of hydrogen-bond acceptors (Lipinski definition) is 3. The Morgan fingerprint density at radius 2 is 2.25 bits per heavy atom. The zero-order valence-electron chi connectivity index (χ0n) is 11.2. The van der Waals surface area contributed by atoms with Crippen LogP contribution >= 0.6 is 0 Å². The Labute approximate surface area is 115 Å². The lowest BCUT2D eigenvalue weighted by molar-refractivity contribution is -0.111. The van der Waals surface area contributed by atoms with Gasteiger partial charge in [-0.2, -0.15) is 0 Å². The normalized spacial score (nSPS) is 16.9. The topological polar surface area (TPSA) is 51.5 Å². The minimum absolute atomic E-state index is 0.0569. The molecule has 1 amide bonds. The third-order valence-electron chi connectivity index (χ3n) is 3.97. The summed E-state index contributed by atoms with van der Waals surface area (Å²) in [6.45, 7) is 4.03. The molecule has 0 saturated carbocycles. The first kappa shape index (κ1) is 13.1. The van der Waals surface area contributed by atoms with E-state index in [2.05, 4.69) is 12.2 Å². The average molecular weight is 277 g/mol. The van der Waals surface area contributed by atoms with E-state index in [0.717, 1.165) is 6.42 Å². The van der Waals surface area contributed by atoms with Gasteiger partial charge in [-0.25, -0.2) is 4.39 Å². The van der Waals surface area contributed by atoms with E-state index in [9.17, 15) is 9.18 Å². The monoisotopic (exact) mass is 277 g/mol. The number of ether oxygens (including phenoxy) is 1. The summed E-state index contributed by atoms with van der Waals surface area (Å²) in [4.78, 5) is 12.2. The zero-order chi connectivity index (χ0) is 14.2. The van der Waals surface area contributed by atoms with Crippen LogP contribution in [0, 0.1) is 11.2 Å². The number of carbonyl (C=O) groups excluding carboxylic acids is 1. The van der Waals surface area contributed by atoms with E-state index in [1.165, 1.54) is 18.4 Å². The van der Waals surface area contributed by atoms with E-state index in [4.69, 9.17) is 9.15 Å². The first-order chi connectivity index (χ1) is 9.63. The Morgan fingerprint density at radius 1 is 1.45 bits per heavy atom. The molecule has 1 aliphatic rings. The molecule has 0 aliphatic carbocycles. The first-order valence-corrected chi connectivity index (χ1v) is 6.66. The third-order valence-corrected chi connectivity index (χ3v) is 3.97. The van der Waals surface area contributed by atoms with Crippen LogP contribution in [0.2, 0.25) is 0 Å². The maximum Gasteiger partial charge on any atom is 0.255 e. The van der Waals surface area contributed by atoms with Crippen LogP contribution in [0.4, 0.5) is 4.39 Å². The third kappa shape index (κ3) is 2.18. The summed E-state index contributed by atoms with van der Waals surface area (Å²) < 4.78 is 23.5. The lowest BCUT2D eigenvalue weighted by Crippen LogP contribution is -2.50. The molecule has 1 saturated heterocycles. The van der Waals surface area contributed by atoms with Crippen molar-refractivity contribution in [3.8, 4) is 0 Å². The van der Waals surface area contributed by atoms with Gasteiger partial charge in [0.25, 0.3) is 5.91 Å². The second kappa shape index (κ2) is 4.90. The van der Waals surface area contributed by atoms with Crippen LogP contribution in [0.1, 0.15) is 23.7 Å². The van der Waals surface area contributed by atoms with E-state index >= 15 is 0 Å². The highest BCUT2D eigenvalue weighted by Crippen LogP contribution is 2.30.